The van der Waals surface area contributed by atoms with Crippen molar-refractivity contribution >= 4 is 10.0 Å². The summed E-state index contributed by atoms with van der Waals surface area (Å²) in [6.45, 7) is 2.17. The minimum Gasteiger partial charge on any atom is -0.265 e. The third-order valence-electron chi connectivity index (χ3n) is 2.92. The highest BCUT2D eigenvalue weighted by Crippen LogP contribution is 2.20. The molecule has 0 aliphatic rings. The summed E-state index contributed by atoms with van der Waals surface area (Å²) in [6, 6.07) is 8.87. The van der Waals surface area contributed by atoms with Crippen molar-refractivity contribution in [1.82, 2.24) is 9.29 Å². The molecule has 0 N–H and O–H groups in total. The summed E-state index contributed by atoms with van der Waals surface area (Å²) in [6.07, 6.45) is 3.19. The van der Waals surface area contributed by atoms with Gasteiger partial charge in [-0.3, -0.25) is 4.98 Å². The van der Waals surface area contributed by atoms with Gasteiger partial charge in [-0.2, -0.15) is 4.31 Å². The molecule has 0 saturated carbocycles. The molecule has 0 radical (unpaired) electrons. The summed E-state index contributed by atoms with van der Waals surface area (Å²) >= 11 is 0. The molecule has 1 aromatic heterocycles. The van der Waals surface area contributed by atoms with Crippen molar-refractivity contribution in [3.63, 3.8) is 0 Å². The molecule has 0 amide bonds. The first-order valence-electron chi connectivity index (χ1n) is 6.19. The van der Waals surface area contributed by atoms with Crippen LogP contribution in [0.5, 0.6) is 0 Å². The number of nitrogens with zero attached hydrogens (tertiary/aromatic N) is 2. The molecule has 2 rings (SSSR count). The van der Waals surface area contributed by atoms with Crippen LogP contribution in [-0.2, 0) is 16.6 Å². The van der Waals surface area contributed by atoms with Gasteiger partial charge in [0.15, 0.2) is 0 Å². The SMILES string of the molecule is CCN(Cc1ccncc1)S(=O)(=O)c1ccccc1F. The van der Waals surface area contributed by atoms with Gasteiger partial charge in [0.25, 0.3) is 0 Å². The Hall–Kier alpha value is -1.79. The molecule has 1 aromatic carbocycles. The molecule has 0 aliphatic heterocycles. The maximum absolute atomic E-state index is 13.7. The van der Waals surface area contributed by atoms with E-state index in [1.165, 1.54) is 22.5 Å². The number of aromatic nitrogens is 1. The van der Waals surface area contributed by atoms with Crippen LogP contribution >= 0.6 is 0 Å². The van der Waals surface area contributed by atoms with Crippen molar-refractivity contribution in [1.29, 1.82) is 0 Å². The summed E-state index contributed by atoms with van der Waals surface area (Å²) in [5, 5.41) is 0. The highest BCUT2D eigenvalue weighted by Gasteiger charge is 2.25. The minimum atomic E-state index is -3.84. The van der Waals surface area contributed by atoms with E-state index in [1.807, 2.05) is 0 Å². The summed E-state index contributed by atoms with van der Waals surface area (Å²) in [5.74, 6) is -0.735. The number of pyridine rings is 1. The molecule has 1 heterocycles. The van der Waals surface area contributed by atoms with Crippen molar-refractivity contribution in [2.24, 2.45) is 0 Å². The lowest BCUT2D eigenvalue weighted by molar-refractivity contribution is 0.419. The van der Waals surface area contributed by atoms with Crippen LogP contribution in [-0.4, -0.2) is 24.3 Å². The van der Waals surface area contributed by atoms with E-state index in [4.69, 9.17) is 0 Å². The summed E-state index contributed by atoms with van der Waals surface area (Å²) in [4.78, 5) is 3.59. The molecular formula is C14H15FN2O2S. The molecule has 0 atom stereocenters. The van der Waals surface area contributed by atoms with Gasteiger partial charge in [-0.25, -0.2) is 12.8 Å². The van der Waals surface area contributed by atoms with Crippen LogP contribution in [0.1, 0.15) is 12.5 Å². The summed E-state index contributed by atoms with van der Waals surface area (Å²) < 4.78 is 39.9. The normalized spacial score (nSPS) is 11.8. The lowest BCUT2D eigenvalue weighted by Gasteiger charge is -2.20. The second-order valence-corrected chi connectivity index (χ2v) is 6.12. The largest absolute Gasteiger partial charge is 0.265 e. The number of halogens is 1. The minimum absolute atomic E-state index is 0.190. The highest BCUT2D eigenvalue weighted by molar-refractivity contribution is 7.89. The monoisotopic (exact) mass is 294 g/mol. The van der Waals surface area contributed by atoms with E-state index in [-0.39, 0.29) is 18.0 Å². The maximum atomic E-state index is 13.7. The van der Waals surface area contributed by atoms with Crippen molar-refractivity contribution < 1.29 is 12.8 Å². The average molecular weight is 294 g/mol. The van der Waals surface area contributed by atoms with Crippen molar-refractivity contribution in [3.05, 3.63) is 60.2 Å². The van der Waals surface area contributed by atoms with Gasteiger partial charge >= 0.3 is 0 Å². The van der Waals surface area contributed by atoms with E-state index < -0.39 is 15.8 Å². The highest BCUT2D eigenvalue weighted by atomic mass is 32.2. The van der Waals surface area contributed by atoms with Crippen molar-refractivity contribution in [2.45, 2.75) is 18.4 Å². The van der Waals surface area contributed by atoms with E-state index in [2.05, 4.69) is 4.98 Å². The Morgan fingerprint density at radius 3 is 2.40 bits per heavy atom. The van der Waals surface area contributed by atoms with Crippen LogP contribution in [0, 0.1) is 5.82 Å². The van der Waals surface area contributed by atoms with Crippen LogP contribution in [0.15, 0.2) is 53.7 Å². The molecule has 20 heavy (non-hydrogen) atoms. The molecule has 0 saturated heterocycles. The zero-order valence-corrected chi connectivity index (χ0v) is 11.8. The number of rotatable bonds is 5. The molecule has 0 unspecified atom stereocenters. The smallest absolute Gasteiger partial charge is 0.246 e. The van der Waals surface area contributed by atoms with Gasteiger partial charge in [-0.1, -0.05) is 19.1 Å². The summed E-state index contributed by atoms with van der Waals surface area (Å²) in [5.41, 5.74) is 0.807. The molecule has 0 aliphatic carbocycles. The Morgan fingerprint density at radius 1 is 1.15 bits per heavy atom. The predicted octanol–water partition coefficient (Wildman–Crippen LogP) is 2.43. The quantitative estimate of drug-likeness (QED) is 0.851. The molecule has 4 nitrogen and oxygen atoms in total. The molecule has 2 aromatic rings. The Bertz CT molecular complexity index is 675. The van der Waals surface area contributed by atoms with E-state index in [9.17, 15) is 12.8 Å². The topological polar surface area (TPSA) is 50.3 Å². The number of benzene rings is 1. The van der Waals surface area contributed by atoms with Gasteiger partial charge < -0.3 is 0 Å². The second-order valence-electron chi connectivity index (χ2n) is 4.22. The van der Waals surface area contributed by atoms with Crippen LogP contribution in [0.3, 0.4) is 0 Å². The zero-order chi connectivity index (χ0) is 14.6. The molecule has 106 valence electrons. The van der Waals surface area contributed by atoms with Gasteiger partial charge in [-0.05, 0) is 29.8 Å². The fourth-order valence-electron chi connectivity index (χ4n) is 1.85. The lowest BCUT2D eigenvalue weighted by atomic mass is 10.3. The molecule has 6 heteroatoms. The fraction of sp³-hybridized carbons (Fsp3) is 0.214. The maximum Gasteiger partial charge on any atom is 0.246 e. The fourth-order valence-corrected chi connectivity index (χ4v) is 3.35. The standard InChI is InChI=1S/C14H15FN2O2S/c1-2-17(11-12-7-9-16-10-8-12)20(18,19)14-6-4-3-5-13(14)15/h3-10H,2,11H2,1H3. The Labute approximate surface area is 117 Å². The zero-order valence-electron chi connectivity index (χ0n) is 11.0. The van der Waals surface area contributed by atoms with Crippen molar-refractivity contribution in [3.8, 4) is 0 Å². The second kappa shape index (κ2) is 6.11. The van der Waals surface area contributed by atoms with E-state index in [0.29, 0.717) is 0 Å². The van der Waals surface area contributed by atoms with E-state index in [1.54, 1.807) is 31.5 Å². The molecule has 0 bridgehead atoms. The first kappa shape index (κ1) is 14.6. The van der Waals surface area contributed by atoms with E-state index >= 15 is 0 Å². The first-order chi connectivity index (χ1) is 9.55. The van der Waals surface area contributed by atoms with Gasteiger partial charge in [0.2, 0.25) is 10.0 Å². The van der Waals surface area contributed by atoms with Crippen LogP contribution in [0.25, 0.3) is 0 Å². The van der Waals surface area contributed by atoms with Gasteiger partial charge in [0, 0.05) is 25.5 Å². The van der Waals surface area contributed by atoms with Crippen LogP contribution < -0.4 is 0 Å². The van der Waals surface area contributed by atoms with Gasteiger partial charge in [0.1, 0.15) is 10.7 Å². The average Bonchev–Trinajstić information content (AvgIpc) is 2.46. The predicted molar refractivity (Wildman–Crippen MR) is 73.9 cm³/mol. The van der Waals surface area contributed by atoms with Crippen LogP contribution in [0.4, 0.5) is 4.39 Å². The van der Waals surface area contributed by atoms with E-state index in [0.717, 1.165) is 11.6 Å². The van der Waals surface area contributed by atoms with Crippen LogP contribution in [0.2, 0.25) is 0 Å². The third kappa shape index (κ3) is 3.02. The Balaban J connectivity index is 2.34. The molecule has 0 spiro atoms. The summed E-state index contributed by atoms with van der Waals surface area (Å²) in [7, 11) is -3.84. The van der Waals surface area contributed by atoms with Gasteiger partial charge in [0.05, 0.1) is 0 Å². The third-order valence-corrected chi connectivity index (χ3v) is 4.87. The molecular weight excluding hydrogens is 279 g/mol. The lowest BCUT2D eigenvalue weighted by Crippen LogP contribution is -2.31. The molecule has 0 fully saturated rings. The first-order valence-corrected chi connectivity index (χ1v) is 7.63. The Morgan fingerprint density at radius 2 is 1.80 bits per heavy atom. The van der Waals surface area contributed by atoms with Gasteiger partial charge in [-0.15, -0.1) is 0 Å². The number of hydrogen-bond donors (Lipinski definition) is 0. The Kier molecular flexibility index (Phi) is 4.46. The number of hydrogen-bond acceptors (Lipinski definition) is 3. The number of sulfonamides is 1. The van der Waals surface area contributed by atoms with Crippen molar-refractivity contribution in [2.75, 3.05) is 6.54 Å².